The molecular formula is C14H17N3O2S. The summed E-state index contributed by atoms with van der Waals surface area (Å²) >= 11 is 1.53. The number of nitrogens with zero attached hydrogens (tertiary/aromatic N) is 1. The van der Waals surface area contributed by atoms with E-state index in [0.29, 0.717) is 17.0 Å². The maximum Gasteiger partial charge on any atom is 0.255 e. The highest BCUT2D eigenvalue weighted by Crippen LogP contribution is 2.23. The summed E-state index contributed by atoms with van der Waals surface area (Å²) in [4.78, 5) is 16.6. The van der Waals surface area contributed by atoms with Gasteiger partial charge in [-0.15, -0.1) is 11.3 Å². The lowest BCUT2D eigenvalue weighted by molar-refractivity contribution is 0.0937. The standard InChI is InChI=1S/C14H17N3O2S/c1-8-7-20-14(16-8)9(2)17-13(18)11-5-4-10(15)6-12(11)19-3/h4-7,9H,15H2,1-3H3,(H,17,18). The second kappa shape index (κ2) is 5.92. The minimum absolute atomic E-state index is 0.150. The molecule has 1 aromatic carbocycles. The monoisotopic (exact) mass is 291 g/mol. The summed E-state index contributed by atoms with van der Waals surface area (Å²) < 4.78 is 5.18. The number of anilines is 1. The topological polar surface area (TPSA) is 77.2 Å². The Morgan fingerprint density at radius 2 is 2.25 bits per heavy atom. The predicted octanol–water partition coefficient (Wildman–Crippen LogP) is 2.53. The second-order valence-electron chi connectivity index (χ2n) is 4.48. The molecule has 2 aromatic rings. The Hall–Kier alpha value is -2.08. The van der Waals surface area contributed by atoms with Gasteiger partial charge in [0.05, 0.1) is 18.7 Å². The number of hydrogen-bond donors (Lipinski definition) is 2. The highest BCUT2D eigenvalue weighted by Gasteiger charge is 2.17. The zero-order chi connectivity index (χ0) is 14.7. The molecule has 2 rings (SSSR count). The average Bonchev–Trinajstić information content (AvgIpc) is 2.85. The fraction of sp³-hybridized carbons (Fsp3) is 0.286. The summed E-state index contributed by atoms with van der Waals surface area (Å²) in [5.41, 5.74) is 7.65. The van der Waals surface area contributed by atoms with Crippen molar-refractivity contribution in [3.63, 3.8) is 0 Å². The number of nitrogen functional groups attached to an aromatic ring is 1. The third kappa shape index (κ3) is 3.08. The van der Waals surface area contributed by atoms with Gasteiger partial charge >= 0.3 is 0 Å². The molecule has 1 aromatic heterocycles. The lowest BCUT2D eigenvalue weighted by Crippen LogP contribution is -2.27. The SMILES string of the molecule is COc1cc(N)ccc1C(=O)NC(C)c1nc(C)cs1. The van der Waals surface area contributed by atoms with E-state index >= 15 is 0 Å². The predicted molar refractivity (Wildman–Crippen MR) is 80.1 cm³/mol. The molecule has 0 aliphatic heterocycles. The van der Waals surface area contributed by atoms with Crippen LogP contribution in [0.2, 0.25) is 0 Å². The second-order valence-corrected chi connectivity index (χ2v) is 5.37. The fourth-order valence-corrected chi connectivity index (χ4v) is 2.61. The van der Waals surface area contributed by atoms with Gasteiger partial charge < -0.3 is 15.8 Å². The van der Waals surface area contributed by atoms with E-state index in [2.05, 4.69) is 10.3 Å². The van der Waals surface area contributed by atoms with Gasteiger partial charge in [-0.05, 0) is 26.0 Å². The van der Waals surface area contributed by atoms with Crippen LogP contribution in [0.1, 0.15) is 34.0 Å². The third-order valence-electron chi connectivity index (χ3n) is 2.83. The number of methoxy groups -OCH3 is 1. The van der Waals surface area contributed by atoms with Crippen molar-refractivity contribution in [3.05, 3.63) is 39.8 Å². The zero-order valence-corrected chi connectivity index (χ0v) is 12.5. The smallest absolute Gasteiger partial charge is 0.255 e. The highest BCUT2D eigenvalue weighted by atomic mass is 32.1. The van der Waals surface area contributed by atoms with Crippen molar-refractivity contribution >= 4 is 22.9 Å². The van der Waals surface area contributed by atoms with Crippen molar-refractivity contribution in [1.82, 2.24) is 10.3 Å². The van der Waals surface area contributed by atoms with Crippen LogP contribution in [0.4, 0.5) is 5.69 Å². The first-order valence-electron chi connectivity index (χ1n) is 6.17. The highest BCUT2D eigenvalue weighted by molar-refractivity contribution is 7.09. The number of carbonyl (C=O) groups is 1. The van der Waals surface area contributed by atoms with Crippen LogP contribution in [-0.4, -0.2) is 18.0 Å². The fourth-order valence-electron chi connectivity index (χ4n) is 1.80. The number of nitrogens with two attached hydrogens (primary N) is 1. The molecule has 0 spiro atoms. The van der Waals surface area contributed by atoms with E-state index in [1.165, 1.54) is 18.4 Å². The summed E-state index contributed by atoms with van der Waals surface area (Å²) in [5.74, 6) is 0.257. The van der Waals surface area contributed by atoms with Crippen molar-refractivity contribution in [2.45, 2.75) is 19.9 Å². The van der Waals surface area contributed by atoms with Crippen molar-refractivity contribution < 1.29 is 9.53 Å². The molecule has 20 heavy (non-hydrogen) atoms. The largest absolute Gasteiger partial charge is 0.496 e. The molecule has 106 valence electrons. The van der Waals surface area contributed by atoms with Gasteiger partial charge in [0.15, 0.2) is 0 Å². The number of nitrogens with one attached hydrogen (secondary N) is 1. The van der Waals surface area contributed by atoms with Crippen LogP contribution in [0, 0.1) is 6.92 Å². The van der Waals surface area contributed by atoms with Crippen LogP contribution < -0.4 is 15.8 Å². The van der Waals surface area contributed by atoms with Crippen LogP contribution in [0.25, 0.3) is 0 Å². The quantitative estimate of drug-likeness (QED) is 0.849. The molecule has 5 nitrogen and oxygen atoms in total. The Morgan fingerprint density at radius 3 is 2.85 bits per heavy atom. The molecule has 0 aliphatic carbocycles. The molecule has 3 N–H and O–H groups in total. The first kappa shape index (κ1) is 14.3. The van der Waals surface area contributed by atoms with E-state index in [1.807, 2.05) is 19.2 Å². The maximum absolute atomic E-state index is 12.3. The Morgan fingerprint density at radius 1 is 1.50 bits per heavy atom. The number of hydrogen-bond acceptors (Lipinski definition) is 5. The number of aryl methyl sites for hydroxylation is 1. The average molecular weight is 291 g/mol. The Labute approximate surface area is 121 Å². The van der Waals surface area contributed by atoms with Gasteiger partial charge in [-0.25, -0.2) is 4.98 Å². The molecule has 1 unspecified atom stereocenters. The molecule has 0 aliphatic rings. The molecular weight excluding hydrogens is 274 g/mol. The summed E-state index contributed by atoms with van der Waals surface area (Å²) in [6, 6.07) is 4.81. The van der Waals surface area contributed by atoms with E-state index in [-0.39, 0.29) is 11.9 Å². The number of carbonyl (C=O) groups excluding carboxylic acids is 1. The molecule has 1 amide bonds. The molecule has 0 saturated heterocycles. The van der Waals surface area contributed by atoms with Gasteiger partial charge in [0.1, 0.15) is 10.8 Å². The van der Waals surface area contributed by atoms with E-state index in [9.17, 15) is 4.79 Å². The van der Waals surface area contributed by atoms with Crippen LogP contribution in [-0.2, 0) is 0 Å². The van der Waals surface area contributed by atoms with Gasteiger partial charge in [-0.3, -0.25) is 4.79 Å². The molecule has 0 fully saturated rings. The van der Waals surface area contributed by atoms with E-state index < -0.39 is 0 Å². The number of amides is 1. The van der Waals surface area contributed by atoms with Gasteiger partial charge in [-0.2, -0.15) is 0 Å². The van der Waals surface area contributed by atoms with E-state index in [1.54, 1.807) is 18.2 Å². The lowest BCUT2D eigenvalue weighted by Gasteiger charge is -2.13. The van der Waals surface area contributed by atoms with Crippen molar-refractivity contribution in [2.24, 2.45) is 0 Å². The summed E-state index contributed by atoms with van der Waals surface area (Å²) in [5, 5.41) is 5.75. The molecule has 1 atom stereocenters. The lowest BCUT2D eigenvalue weighted by atomic mass is 10.1. The van der Waals surface area contributed by atoms with E-state index in [0.717, 1.165) is 10.7 Å². The van der Waals surface area contributed by atoms with Crippen molar-refractivity contribution in [1.29, 1.82) is 0 Å². The Balaban J connectivity index is 2.16. The summed E-state index contributed by atoms with van der Waals surface area (Å²) in [7, 11) is 1.51. The van der Waals surface area contributed by atoms with Gasteiger partial charge in [-0.1, -0.05) is 0 Å². The van der Waals surface area contributed by atoms with Gasteiger partial charge in [0, 0.05) is 22.8 Å². The molecule has 1 heterocycles. The first-order chi connectivity index (χ1) is 9.51. The van der Waals surface area contributed by atoms with Crippen LogP contribution in [0.5, 0.6) is 5.75 Å². The normalized spacial score (nSPS) is 11.9. The maximum atomic E-state index is 12.3. The molecule has 0 saturated carbocycles. The minimum Gasteiger partial charge on any atom is -0.496 e. The minimum atomic E-state index is -0.206. The van der Waals surface area contributed by atoms with E-state index in [4.69, 9.17) is 10.5 Å². The van der Waals surface area contributed by atoms with Gasteiger partial charge in [0.25, 0.3) is 5.91 Å². The summed E-state index contributed by atoms with van der Waals surface area (Å²) in [6.45, 7) is 3.83. The van der Waals surface area contributed by atoms with Crippen LogP contribution in [0.3, 0.4) is 0 Å². The number of ether oxygens (including phenoxy) is 1. The Bertz CT molecular complexity index is 625. The number of thiazole rings is 1. The molecule has 0 radical (unpaired) electrons. The van der Waals surface area contributed by atoms with Crippen molar-refractivity contribution in [3.8, 4) is 5.75 Å². The van der Waals surface area contributed by atoms with Crippen molar-refractivity contribution in [2.75, 3.05) is 12.8 Å². The first-order valence-corrected chi connectivity index (χ1v) is 7.05. The third-order valence-corrected chi connectivity index (χ3v) is 3.97. The van der Waals surface area contributed by atoms with Crippen LogP contribution in [0.15, 0.2) is 23.6 Å². The molecule has 0 bridgehead atoms. The van der Waals surface area contributed by atoms with Gasteiger partial charge in [0.2, 0.25) is 0 Å². The number of aromatic nitrogens is 1. The summed E-state index contributed by atoms with van der Waals surface area (Å²) in [6.07, 6.45) is 0. The Kier molecular flexibility index (Phi) is 4.24. The number of benzene rings is 1. The molecule has 6 heteroatoms. The van der Waals surface area contributed by atoms with Crippen LogP contribution >= 0.6 is 11.3 Å². The number of rotatable bonds is 4. The zero-order valence-electron chi connectivity index (χ0n) is 11.6.